The number of aryl methyl sites for hydroxylation is 1. The largest absolute Gasteiger partial charge is 0.466 e. The Balaban J connectivity index is 1.73. The highest BCUT2D eigenvalue weighted by molar-refractivity contribution is 6.30. The second kappa shape index (κ2) is 10.1. The first-order chi connectivity index (χ1) is 14.4. The van der Waals surface area contributed by atoms with Gasteiger partial charge in [-0.2, -0.15) is 5.10 Å². The van der Waals surface area contributed by atoms with E-state index in [1.807, 2.05) is 55.5 Å². The van der Waals surface area contributed by atoms with Crippen LogP contribution in [0.2, 0.25) is 5.02 Å². The van der Waals surface area contributed by atoms with Gasteiger partial charge in [0, 0.05) is 16.8 Å². The number of nitrogens with zero attached hydrogens (tertiary/aromatic N) is 1. The molecule has 0 spiro atoms. The lowest BCUT2D eigenvalue weighted by Gasteiger charge is -2.18. The van der Waals surface area contributed by atoms with Gasteiger partial charge in [0.1, 0.15) is 5.69 Å². The summed E-state index contributed by atoms with van der Waals surface area (Å²) in [6, 6.07) is 16.9. The number of halogens is 1. The monoisotopic (exact) mass is 425 g/mol. The Bertz CT molecular complexity index is 1010. The fourth-order valence-corrected chi connectivity index (χ4v) is 3.37. The number of hydrogen-bond donors (Lipinski definition) is 2. The van der Waals surface area contributed by atoms with Crippen LogP contribution < -0.4 is 5.32 Å². The Labute approximate surface area is 180 Å². The molecule has 0 fully saturated rings. The molecule has 3 rings (SSSR count). The zero-order valence-corrected chi connectivity index (χ0v) is 17.7. The molecule has 3 aromatic rings. The van der Waals surface area contributed by atoms with Gasteiger partial charge in [-0.25, -0.2) is 0 Å². The fourth-order valence-electron chi connectivity index (χ4n) is 3.17. The molecule has 2 aromatic carbocycles. The van der Waals surface area contributed by atoms with Gasteiger partial charge in [-0.15, -0.1) is 0 Å². The number of carbonyl (C=O) groups is 2. The van der Waals surface area contributed by atoms with Crippen molar-refractivity contribution < 1.29 is 14.3 Å². The maximum absolute atomic E-state index is 12.5. The maximum atomic E-state index is 12.5. The molecule has 0 aliphatic heterocycles. The van der Waals surface area contributed by atoms with Crippen molar-refractivity contribution in [3.63, 3.8) is 0 Å². The normalized spacial score (nSPS) is 11.7. The molecular formula is C23H24ClN3O3. The predicted molar refractivity (Wildman–Crippen MR) is 116 cm³/mol. The van der Waals surface area contributed by atoms with Crippen molar-refractivity contribution in [2.24, 2.45) is 0 Å². The molecule has 30 heavy (non-hydrogen) atoms. The molecule has 0 aliphatic rings. The van der Waals surface area contributed by atoms with E-state index in [-0.39, 0.29) is 24.0 Å². The summed E-state index contributed by atoms with van der Waals surface area (Å²) in [5.74, 6) is -0.680. The molecule has 2 N–H and O–H groups in total. The van der Waals surface area contributed by atoms with E-state index in [0.717, 1.165) is 22.4 Å². The summed E-state index contributed by atoms with van der Waals surface area (Å²) in [5, 5.41) is 10.3. The number of benzene rings is 2. The average Bonchev–Trinajstić information content (AvgIpc) is 3.15. The van der Waals surface area contributed by atoms with Gasteiger partial charge in [0.2, 0.25) is 0 Å². The first kappa shape index (κ1) is 21.6. The van der Waals surface area contributed by atoms with Crippen molar-refractivity contribution in [2.45, 2.75) is 32.7 Å². The van der Waals surface area contributed by atoms with Gasteiger partial charge >= 0.3 is 5.97 Å². The molecule has 7 heteroatoms. The third-order valence-corrected chi connectivity index (χ3v) is 4.82. The van der Waals surface area contributed by atoms with Gasteiger partial charge in [-0.3, -0.25) is 14.7 Å². The highest BCUT2D eigenvalue weighted by Crippen LogP contribution is 2.23. The summed E-state index contributed by atoms with van der Waals surface area (Å²) in [4.78, 5) is 24.5. The number of esters is 1. The van der Waals surface area contributed by atoms with Gasteiger partial charge in [0.15, 0.2) is 0 Å². The number of amides is 1. The topological polar surface area (TPSA) is 84.1 Å². The molecular weight excluding hydrogens is 402 g/mol. The third kappa shape index (κ3) is 5.94. The smallest absolute Gasteiger partial charge is 0.307 e. The van der Waals surface area contributed by atoms with Crippen LogP contribution in [0.1, 0.15) is 35.1 Å². The van der Waals surface area contributed by atoms with Crippen LogP contribution in [0, 0.1) is 6.92 Å². The van der Waals surface area contributed by atoms with Gasteiger partial charge in [0.05, 0.1) is 13.0 Å². The SMILES string of the molecule is CCOC(=O)C[C@@H](Cc1ccc(-c2cccc(Cl)c2)cc1)NC(=O)c1cc(C)[nH]n1. The molecule has 1 aromatic heterocycles. The molecule has 1 amide bonds. The number of ether oxygens (including phenoxy) is 1. The summed E-state index contributed by atoms with van der Waals surface area (Å²) in [7, 11) is 0. The molecule has 0 aliphatic carbocycles. The minimum Gasteiger partial charge on any atom is -0.466 e. The zero-order chi connectivity index (χ0) is 21.5. The maximum Gasteiger partial charge on any atom is 0.307 e. The minimum absolute atomic E-state index is 0.0824. The van der Waals surface area contributed by atoms with E-state index in [1.54, 1.807) is 13.0 Å². The lowest BCUT2D eigenvalue weighted by atomic mass is 9.99. The van der Waals surface area contributed by atoms with Crippen LogP contribution in [0.15, 0.2) is 54.6 Å². The lowest BCUT2D eigenvalue weighted by molar-refractivity contribution is -0.143. The van der Waals surface area contributed by atoms with Crippen LogP contribution in [0.4, 0.5) is 0 Å². The van der Waals surface area contributed by atoms with Crippen LogP contribution >= 0.6 is 11.6 Å². The highest BCUT2D eigenvalue weighted by Gasteiger charge is 2.20. The zero-order valence-electron chi connectivity index (χ0n) is 16.9. The van der Waals surface area contributed by atoms with E-state index in [2.05, 4.69) is 15.5 Å². The van der Waals surface area contributed by atoms with Gasteiger partial charge < -0.3 is 10.1 Å². The van der Waals surface area contributed by atoms with Crippen molar-refractivity contribution in [1.29, 1.82) is 0 Å². The molecule has 1 atom stereocenters. The Morgan fingerprint density at radius 1 is 1.13 bits per heavy atom. The summed E-state index contributed by atoms with van der Waals surface area (Å²) < 4.78 is 5.07. The second-order valence-electron chi connectivity index (χ2n) is 7.03. The van der Waals surface area contributed by atoms with Crippen LogP contribution in [0.5, 0.6) is 0 Å². The average molecular weight is 426 g/mol. The number of aromatic nitrogens is 2. The van der Waals surface area contributed by atoms with Crippen LogP contribution in [-0.2, 0) is 16.0 Å². The Hall–Kier alpha value is -3.12. The number of rotatable bonds is 8. The van der Waals surface area contributed by atoms with E-state index in [9.17, 15) is 9.59 Å². The van der Waals surface area contributed by atoms with E-state index in [4.69, 9.17) is 16.3 Å². The van der Waals surface area contributed by atoms with Crippen molar-refractivity contribution in [2.75, 3.05) is 6.61 Å². The predicted octanol–water partition coefficient (Wildman–Crippen LogP) is 4.33. The van der Waals surface area contributed by atoms with Gasteiger partial charge in [-0.05, 0) is 55.2 Å². The molecule has 0 unspecified atom stereocenters. The number of nitrogens with one attached hydrogen (secondary N) is 2. The molecule has 0 radical (unpaired) electrons. The van der Waals surface area contributed by atoms with Crippen LogP contribution in [0.3, 0.4) is 0 Å². The van der Waals surface area contributed by atoms with E-state index < -0.39 is 6.04 Å². The first-order valence-electron chi connectivity index (χ1n) is 9.78. The van der Waals surface area contributed by atoms with Crippen LogP contribution in [0.25, 0.3) is 11.1 Å². The van der Waals surface area contributed by atoms with Crippen molar-refractivity contribution in [1.82, 2.24) is 15.5 Å². The quantitative estimate of drug-likeness (QED) is 0.526. The number of carbonyl (C=O) groups excluding carboxylic acids is 2. The van der Waals surface area contributed by atoms with Crippen LogP contribution in [-0.4, -0.2) is 34.7 Å². The fraction of sp³-hybridized carbons (Fsp3) is 0.261. The number of H-pyrrole nitrogens is 1. The lowest BCUT2D eigenvalue weighted by Crippen LogP contribution is -2.38. The van der Waals surface area contributed by atoms with E-state index in [0.29, 0.717) is 18.1 Å². The summed E-state index contributed by atoms with van der Waals surface area (Å²) in [6.07, 6.45) is 0.572. The van der Waals surface area contributed by atoms with Gasteiger partial charge in [-0.1, -0.05) is 48.0 Å². The molecule has 0 saturated carbocycles. The molecule has 156 valence electrons. The standard InChI is InChI=1S/C23H24ClN3O3/c1-3-30-22(28)14-20(25-23(29)21-11-15(2)26-27-21)12-16-7-9-17(10-8-16)18-5-4-6-19(24)13-18/h4-11,13,20H,3,12,14H2,1-2H3,(H,25,29)(H,26,27)/t20-/m1/s1. The third-order valence-electron chi connectivity index (χ3n) is 4.59. The van der Waals surface area contributed by atoms with Crippen molar-refractivity contribution in [3.8, 4) is 11.1 Å². The number of hydrogen-bond acceptors (Lipinski definition) is 4. The highest BCUT2D eigenvalue weighted by atomic mass is 35.5. The Morgan fingerprint density at radius 3 is 2.53 bits per heavy atom. The summed E-state index contributed by atoms with van der Waals surface area (Å²) >= 11 is 6.08. The molecule has 0 bridgehead atoms. The molecule has 0 saturated heterocycles. The summed E-state index contributed by atoms with van der Waals surface area (Å²) in [5.41, 5.74) is 4.14. The minimum atomic E-state index is -0.412. The van der Waals surface area contributed by atoms with Crippen molar-refractivity contribution in [3.05, 3.63) is 76.6 Å². The summed E-state index contributed by atoms with van der Waals surface area (Å²) in [6.45, 7) is 3.88. The first-order valence-corrected chi connectivity index (χ1v) is 10.2. The number of aromatic amines is 1. The van der Waals surface area contributed by atoms with E-state index >= 15 is 0 Å². The van der Waals surface area contributed by atoms with Crippen molar-refractivity contribution >= 4 is 23.5 Å². The van der Waals surface area contributed by atoms with Gasteiger partial charge in [0.25, 0.3) is 5.91 Å². The Kier molecular flexibility index (Phi) is 7.25. The van der Waals surface area contributed by atoms with E-state index in [1.165, 1.54) is 0 Å². The molecule has 6 nitrogen and oxygen atoms in total. The Morgan fingerprint density at radius 2 is 1.90 bits per heavy atom. The second-order valence-corrected chi connectivity index (χ2v) is 7.46. The molecule has 1 heterocycles.